The number of fused-ring (bicyclic) bond motifs is 4. The molecular weight excluding hydrogens is 288 g/mol. The zero-order valence-electron chi connectivity index (χ0n) is 13.7. The number of piperidine rings is 3. The fraction of sp³-hybridized carbons (Fsp3) is 0.556. The number of rotatable bonds is 4. The molecule has 1 aromatic heterocycles. The number of nitrogens with zero attached hydrogens (tertiary/aromatic N) is 3. The SMILES string of the molecule is Cc1ccc2c(cnn2CCC(=O)NC2CN3CCC2CC3)c1. The van der Waals surface area contributed by atoms with Gasteiger partial charge in [-0.3, -0.25) is 9.48 Å². The fourth-order valence-corrected chi connectivity index (χ4v) is 4.00. The van der Waals surface area contributed by atoms with E-state index in [0.29, 0.717) is 24.9 Å². The van der Waals surface area contributed by atoms with Gasteiger partial charge in [0.05, 0.1) is 18.3 Å². The van der Waals surface area contributed by atoms with Crippen LogP contribution in [0.25, 0.3) is 10.9 Å². The summed E-state index contributed by atoms with van der Waals surface area (Å²) in [5, 5.41) is 8.81. The first-order valence-corrected chi connectivity index (χ1v) is 8.63. The molecule has 2 aromatic rings. The quantitative estimate of drug-likeness (QED) is 0.939. The zero-order chi connectivity index (χ0) is 15.8. The summed E-state index contributed by atoms with van der Waals surface area (Å²) in [5.41, 5.74) is 2.34. The molecule has 3 fully saturated rings. The molecule has 5 rings (SSSR count). The van der Waals surface area contributed by atoms with Crippen LogP contribution in [0, 0.1) is 12.8 Å². The Morgan fingerprint density at radius 2 is 2.17 bits per heavy atom. The first-order valence-electron chi connectivity index (χ1n) is 8.63. The molecule has 2 bridgehead atoms. The van der Waals surface area contributed by atoms with E-state index in [-0.39, 0.29) is 5.91 Å². The Morgan fingerprint density at radius 1 is 1.35 bits per heavy atom. The number of hydrogen-bond acceptors (Lipinski definition) is 3. The fourth-order valence-electron chi connectivity index (χ4n) is 4.00. The van der Waals surface area contributed by atoms with E-state index in [1.54, 1.807) is 0 Å². The number of benzene rings is 1. The molecule has 0 spiro atoms. The van der Waals surface area contributed by atoms with Gasteiger partial charge in [0.1, 0.15) is 0 Å². The molecule has 1 N–H and O–H groups in total. The monoisotopic (exact) mass is 312 g/mol. The van der Waals surface area contributed by atoms with Crippen LogP contribution in [-0.4, -0.2) is 46.3 Å². The van der Waals surface area contributed by atoms with Gasteiger partial charge in [-0.25, -0.2) is 0 Å². The van der Waals surface area contributed by atoms with Gasteiger partial charge in [-0.15, -0.1) is 0 Å². The molecule has 5 heteroatoms. The molecular formula is C18H24N4O. The van der Waals surface area contributed by atoms with E-state index >= 15 is 0 Å². The summed E-state index contributed by atoms with van der Waals surface area (Å²) in [6.45, 7) is 6.16. The van der Waals surface area contributed by atoms with Crippen molar-refractivity contribution in [3.63, 3.8) is 0 Å². The highest BCUT2D eigenvalue weighted by atomic mass is 16.1. The Balaban J connectivity index is 1.36. The predicted octanol–water partition coefficient (Wildman–Crippen LogP) is 1.95. The molecule has 3 aliphatic heterocycles. The van der Waals surface area contributed by atoms with Gasteiger partial charge in [0.15, 0.2) is 0 Å². The summed E-state index contributed by atoms with van der Waals surface area (Å²) in [6, 6.07) is 6.66. The number of amides is 1. The summed E-state index contributed by atoms with van der Waals surface area (Å²) in [6.07, 6.45) is 4.84. The first kappa shape index (κ1) is 14.7. The average Bonchev–Trinajstić information content (AvgIpc) is 2.96. The summed E-state index contributed by atoms with van der Waals surface area (Å²) in [4.78, 5) is 14.8. The van der Waals surface area contributed by atoms with Crippen molar-refractivity contribution >= 4 is 16.8 Å². The topological polar surface area (TPSA) is 50.2 Å². The van der Waals surface area contributed by atoms with Gasteiger partial charge in [-0.1, -0.05) is 11.6 Å². The van der Waals surface area contributed by atoms with Crippen LogP contribution in [0.5, 0.6) is 0 Å². The molecule has 0 saturated carbocycles. The predicted molar refractivity (Wildman–Crippen MR) is 90.2 cm³/mol. The van der Waals surface area contributed by atoms with Gasteiger partial charge in [-0.05, 0) is 50.9 Å². The Bertz CT molecular complexity index is 715. The smallest absolute Gasteiger partial charge is 0.222 e. The first-order chi connectivity index (χ1) is 11.2. The van der Waals surface area contributed by atoms with Crippen LogP contribution < -0.4 is 5.32 Å². The van der Waals surface area contributed by atoms with Crippen molar-refractivity contribution in [1.29, 1.82) is 0 Å². The molecule has 3 saturated heterocycles. The van der Waals surface area contributed by atoms with Crippen molar-refractivity contribution in [2.75, 3.05) is 19.6 Å². The summed E-state index contributed by atoms with van der Waals surface area (Å²) >= 11 is 0. The van der Waals surface area contributed by atoms with Crippen LogP contribution >= 0.6 is 0 Å². The maximum absolute atomic E-state index is 12.3. The Hall–Kier alpha value is -1.88. The Labute approximate surface area is 136 Å². The lowest BCUT2D eigenvalue weighted by molar-refractivity contribution is -0.123. The van der Waals surface area contributed by atoms with Gasteiger partial charge in [-0.2, -0.15) is 5.10 Å². The van der Waals surface area contributed by atoms with Crippen molar-refractivity contribution in [2.45, 2.75) is 38.8 Å². The normalized spacial score (nSPS) is 26.6. The van der Waals surface area contributed by atoms with Gasteiger partial charge >= 0.3 is 0 Å². The second-order valence-electron chi connectivity index (χ2n) is 6.99. The minimum Gasteiger partial charge on any atom is -0.352 e. The van der Waals surface area contributed by atoms with E-state index in [0.717, 1.165) is 17.4 Å². The van der Waals surface area contributed by atoms with Crippen molar-refractivity contribution < 1.29 is 4.79 Å². The standard InChI is InChI=1S/C18H24N4O/c1-13-2-3-17-15(10-13)11-19-22(17)9-6-18(23)20-16-12-21-7-4-14(16)5-8-21/h2-3,10-11,14,16H,4-9,12H2,1H3,(H,20,23). The summed E-state index contributed by atoms with van der Waals surface area (Å²) in [5.74, 6) is 0.831. The Kier molecular flexibility index (Phi) is 3.81. The lowest BCUT2D eigenvalue weighted by Gasteiger charge is -2.44. The molecule has 122 valence electrons. The van der Waals surface area contributed by atoms with Crippen LogP contribution in [0.1, 0.15) is 24.8 Å². The van der Waals surface area contributed by atoms with Crippen LogP contribution in [0.2, 0.25) is 0 Å². The molecule has 1 atom stereocenters. The maximum Gasteiger partial charge on any atom is 0.222 e. The van der Waals surface area contributed by atoms with Crippen LogP contribution in [0.15, 0.2) is 24.4 Å². The van der Waals surface area contributed by atoms with Gasteiger partial charge in [0.25, 0.3) is 0 Å². The van der Waals surface area contributed by atoms with Crippen LogP contribution in [0.3, 0.4) is 0 Å². The maximum atomic E-state index is 12.3. The molecule has 4 heterocycles. The third-order valence-electron chi connectivity index (χ3n) is 5.35. The number of hydrogen-bond donors (Lipinski definition) is 1. The van der Waals surface area contributed by atoms with E-state index in [1.165, 1.54) is 31.5 Å². The highest BCUT2D eigenvalue weighted by Gasteiger charge is 2.34. The van der Waals surface area contributed by atoms with E-state index < -0.39 is 0 Å². The minimum atomic E-state index is 0.152. The van der Waals surface area contributed by atoms with E-state index in [2.05, 4.69) is 40.4 Å². The second-order valence-corrected chi connectivity index (χ2v) is 6.99. The number of carbonyl (C=O) groups is 1. The van der Waals surface area contributed by atoms with Crippen molar-refractivity contribution in [3.05, 3.63) is 30.0 Å². The van der Waals surface area contributed by atoms with Crippen molar-refractivity contribution in [2.24, 2.45) is 5.92 Å². The van der Waals surface area contributed by atoms with Crippen LogP contribution in [-0.2, 0) is 11.3 Å². The molecule has 1 amide bonds. The highest BCUT2D eigenvalue weighted by Crippen LogP contribution is 2.27. The second kappa shape index (κ2) is 5.96. The number of aryl methyl sites for hydroxylation is 2. The molecule has 5 nitrogen and oxygen atoms in total. The molecule has 3 aliphatic rings. The molecule has 1 aromatic carbocycles. The average molecular weight is 312 g/mol. The summed E-state index contributed by atoms with van der Waals surface area (Å²) in [7, 11) is 0. The van der Waals surface area contributed by atoms with Gasteiger partial charge in [0.2, 0.25) is 5.91 Å². The van der Waals surface area contributed by atoms with E-state index in [1.807, 2.05) is 10.9 Å². The third kappa shape index (κ3) is 2.98. The van der Waals surface area contributed by atoms with Crippen molar-refractivity contribution in [3.8, 4) is 0 Å². The van der Waals surface area contributed by atoms with E-state index in [9.17, 15) is 4.79 Å². The lowest BCUT2D eigenvalue weighted by atomic mass is 9.84. The third-order valence-corrected chi connectivity index (χ3v) is 5.35. The van der Waals surface area contributed by atoms with Gasteiger partial charge < -0.3 is 10.2 Å². The molecule has 23 heavy (non-hydrogen) atoms. The van der Waals surface area contributed by atoms with E-state index in [4.69, 9.17) is 0 Å². The molecule has 0 aliphatic carbocycles. The lowest BCUT2D eigenvalue weighted by Crippen LogP contribution is -2.57. The largest absolute Gasteiger partial charge is 0.352 e. The Morgan fingerprint density at radius 3 is 2.91 bits per heavy atom. The highest BCUT2D eigenvalue weighted by molar-refractivity contribution is 5.80. The number of nitrogens with one attached hydrogen (secondary N) is 1. The number of aromatic nitrogens is 2. The number of carbonyl (C=O) groups excluding carboxylic acids is 1. The van der Waals surface area contributed by atoms with Crippen LogP contribution in [0.4, 0.5) is 0 Å². The summed E-state index contributed by atoms with van der Waals surface area (Å²) < 4.78 is 1.94. The van der Waals surface area contributed by atoms with Gasteiger partial charge in [0, 0.05) is 24.4 Å². The molecule has 1 unspecified atom stereocenters. The zero-order valence-corrected chi connectivity index (χ0v) is 13.7. The minimum absolute atomic E-state index is 0.152. The molecule has 0 radical (unpaired) electrons. The van der Waals surface area contributed by atoms with Crippen molar-refractivity contribution in [1.82, 2.24) is 20.0 Å².